The van der Waals surface area contributed by atoms with Crippen molar-refractivity contribution >= 4 is 39.2 Å². The molecule has 0 bridgehead atoms. The molecule has 0 aromatic heterocycles. The summed E-state index contributed by atoms with van der Waals surface area (Å²) in [7, 11) is 0. The number of hydrogen-bond acceptors (Lipinski definition) is 3. The summed E-state index contributed by atoms with van der Waals surface area (Å²) in [5.41, 5.74) is 7.82. The van der Waals surface area contributed by atoms with Crippen LogP contribution in [0.15, 0.2) is 51.9 Å². The molecule has 0 radical (unpaired) electrons. The first-order valence-corrected chi connectivity index (χ1v) is 7.53. The van der Waals surface area contributed by atoms with E-state index in [9.17, 15) is 4.39 Å². The normalized spacial score (nSPS) is 18.0. The fraction of sp³-hybridized carbons (Fsp3) is 0.133. The van der Waals surface area contributed by atoms with Crippen LogP contribution in [-0.2, 0) is 0 Å². The summed E-state index contributed by atoms with van der Waals surface area (Å²) < 4.78 is 14.3. The summed E-state index contributed by atoms with van der Waals surface area (Å²) in [5, 5.41) is 0.105. The van der Waals surface area contributed by atoms with Gasteiger partial charge in [-0.05, 0) is 42.0 Å². The molecule has 1 unspecified atom stereocenters. The number of hydrogen-bond donors (Lipinski definition) is 1. The van der Waals surface area contributed by atoms with Gasteiger partial charge in [0.1, 0.15) is 5.82 Å². The van der Waals surface area contributed by atoms with Gasteiger partial charge in [0.15, 0.2) is 5.96 Å². The van der Waals surface area contributed by atoms with Gasteiger partial charge < -0.3 is 10.6 Å². The zero-order chi connectivity index (χ0) is 15.0. The van der Waals surface area contributed by atoms with E-state index in [1.165, 1.54) is 6.07 Å². The highest BCUT2D eigenvalue weighted by Crippen LogP contribution is 2.33. The van der Waals surface area contributed by atoms with Crippen LogP contribution in [0.5, 0.6) is 0 Å². The maximum Gasteiger partial charge on any atom is 0.196 e. The maximum absolute atomic E-state index is 13.3. The van der Waals surface area contributed by atoms with E-state index in [0.717, 1.165) is 15.7 Å². The SMILES string of the molecule is NC1=NCC(c2ccc(F)c(Cl)c2)N1c1ccc(Br)cc1. The van der Waals surface area contributed by atoms with Gasteiger partial charge in [0, 0.05) is 10.2 Å². The number of halogens is 3. The quantitative estimate of drug-likeness (QED) is 0.866. The Morgan fingerprint density at radius 3 is 2.62 bits per heavy atom. The molecule has 3 nitrogen and oxygen atoms in total. The van der Waals surface area contributed by atoms with E-state index < -0.39 is 5.82 Å². The van der Waals surface area contributed by atoms with Gasteiger partial charge in [0.25, 0.3) is 0 Å². The Morgan fingerprint density at radius 1 is 1.24 bits per heavy atom. The molecule has 3 rings (SSSR count). The molecular weight excluding hydrogens is 357 g/mol. The lowest BCUT2D eigenvalue weighted by Crippen LogP contribution is -2.36. The van der Waals surface area contributed by atoms with E-state index in [1.807, 2.05) is 29.2 Å². The van der Waals surface area contributed by atoms with E-state index in [4.69, 9.17) is 17.3 Å². The van der Waals surface area contributed by atoms with Crippen molar-refractivity contribution < 1.29 is 4.39 Å². The number of nitrogens with two attached hydrogens (primary N) is 1. The minimum Gasteiger partial charge on any atom is -0.369 e. The lowest BCUT2D eigenvalue weighted by atomic mass is 10.1. The smallest absolute Gasteiger partial charge is 0.196 e. The van der Waals surface area contributed by atoms with E-state index in [1.54, 1.807) is 12.1 Å². The van der Waals surface area contributed by atoms with E-state index in [-0.39, 0.29) is 11.1 Å². The molecule has 0 aliphatic carbocycles. The Morgan fingerprint density at radius 2 is 1.95 bits per heavy atom. The predicted octanol–water partition coefficient (Wildman–Crippen LogP) is 4.12. The minimum atomic E-state index is -0.428. The predicted molar refractivity (Wildman–Crippen MR) is 87.3 cm³/mol. The fourth-order valence-corrected chi connectivity index (χ4v) is 2.84. The molecule has 2 aromatic rings. The van der Waals surface area contributed by atoms with Crippen LogP contribution in [0, 0.1) is 5.82 Å². The zero-order valence-electron chi connectivity index (χ0n) is 10.9. The molecule has 0 saturated carbocycles. The average Bonchev–Trinajstić information content (AvgIpc) is 2.85. The third-order valence-corrected chi connectivity index (χ3v) is 4.24. The van der Waals surface area contributed by atoms with E-state index in [2.05, 4.69) is 20.9 Å². The van der Waals surface area contributed by atoms with Crippen molar-refractivity contribution in [2.24, 2.45) is 10.7 Å². The van der Waals surface area contributed by atoms with Gasteiger partial charge in [-0.25, -0.2) is 4.39 Å². The minimum absolute atomic E-state index is 0.0794. The van der Waals surface area contributed by atoms with Crippen molar-refractivity contribution in [2.75, 3.05) is 11.4 Å². The Bertz CT molecular complexity index is 703. The molecule has 2 N–H and O–H groups in total. The van der Waals surface area contributed by atoms with E-state index in [0.29, 0.717) is 12.5 Å². The van der Waals surface area contributed by atoms with Crippen LogP contribution in [0.25, 0.3) is 0 Å². The van der Waals surface area contributed by atoms with Gasteiger partial charge in [-0.15, -0.1) is 0 Å². The van der Waals surface area contributed by atoms with E-state index >= 15 is 0 Å². The maximum atomic E-state index is 13.3. The number of anilines is 1. The highest BCUT2D eigenvalue weighted by atomic mass is 79.9. The van der Waals surface area contributed by atoms with Crippen molar-refractivity contribution in [1.82, 2.24) is 0 Å². The van der Waals surface area contributed by atoms with Crippen LogP contribution in [0.3, 0.4) is 0 Å². The van der Waals surface area contributed by atoms with Crippen molar-refractivity contribution in [2.45, 2.75) is 6.04 Å². The summed E-state index contributed by atoms with van der Waals surface area (Å²) in [6.07, 6.45) is 0. The topological polar surface area (TPSA) is 41.6 Å². The van der Waals surface area contributed by atoms with Gasteiger partial charge in [-0.3, -0.25) is 4.99 Å². The second-order valence-electron chi connectivity index (χ2n) is 4.73. The summed E-state index contributed by atoms with van der Waals surface area (Å²) in [6.45, 7) is 0.518. The molecule has 2 aromatic carbocycles. The molecule has 0 fully saturated rings. The Labute approximate surface area is 135 Å². The highest BCUT2D eigenvalue weighted by Gasteiger charge is 2.29. The van der Waals surface area contributed by atoms with Crippen LogP contribution in [0.2, 0.25) is 5.02 Å². The number of aliphatic imine (C=N–C) groups is 1. The van der Waals surface area contributed by atoms with Crippen LogP contribution >= 0.6 is 27.5 Å². The standard InChI is InChI=1S/C15H12BrClFN3/c16-10-2-4-11(5-3-10)21-14(8-20-15(21)19)9-1-6-13(18)12(17)7-9/h1-7,14H,8H2,(H2,19,20). The first kappa shape index (κ1) is 14.4. The van der Waals surface area contributed by atoms with Crippen molar-refractivity contribution in [3.05, 3.63) is 63.3 Å². The van der Waals surface area contributed by atoms with Crippen molar-refractivity contribution in [3.63, 3.8) is 0 Å². The van der Waals surface area contributed by atoms with Crippen LogP contribution in [0.4, 0.5) is 10.1 Å². The van der Waals surface area contributed by atoms with Gasteiger partial charge in [0.2, 0.25) is 0 Å². The summed E-state index contributed by atoms with van der Waals surface area (Å²) in [6, 6.07) is 12.4. The molecule has 1 aliphatic heterocycles. The first-order chi connectivity index (χ1) is 10.1. The molecule has 108 valence electrons. The first-order valence-electron chi connectivity index (χ1n) is 6.36. The molecule has 1 aliphatic rings. The summed E-state index contributed by atoms with van der Waals surface area (Å²) in [5.74, 6) is 0.0188. The third kappa shape index (κ3) is 2.76. The number of nitrogens with zero attached hydrogens (tertiary/aromatic N) is 2. The summed E-state index contributed by atoms with van der Waals surface area (Å²) in [4.78, 5) is 6.22. The van der Waals surface area contributed by atoms with Gasteiger partial charge >= 0.3 is 0 Å². The second-order valence-corrected chi connectivity index (χ2v) is 6.06. The lowest BCUT2D eigenvalue weighted by molar-refractivity contribution is 0.626. The van der Waals surface area contributed by atoms with Crippen LogP contribution in [0.1, 0.15) is 11.6 Å². The Kier molecular flexibility index (Phi) is 3.87. The Hall–Kier alpha value is -1.59. The van der Waals surface area contributed by atoms with Crippen molar-refractivity contribution in [3.8, 4) is 0 Å². The average molecular weight is 369 g/mol. The van der Waals surface area contributed by atoms with Crippen LogP contribution in [-0.4, -0.2) is 12.5 Å². The fourth-order valence-electron chi connectivity index (χ4n) is 2.39. The number of guanidine groups is 1. The monoisotopic (exact) mass is 367 g/mol. The third-order valence-electron chi connectivity index (χ3n) is 3.42. The zero-order valence-corrected chi connectivity index (χ0v) is 13.3. The largest absolute Gasteiger partial charge is 0.369 e. The molecule has 0 saturated heterocycles. The van der Waals surface area contributed by atoms with Crippen LogP contribution < -0.4 is 10.6 Å². The van der Waals surface area contributed by atoms with Crippen molar-refractivity contribution in [1.29, 1.82) is 0 Å². The number of benzene rings is 2. The molecule has 0 amide bonds. The number of rotatable bonds is 2. The lowest BCUT2D eigenvalue weighted by Gasteiger charge is -2.26. The van der Waals surface area contributed by atoms with Gasteiger partial charge in [0.05, 0.1) is 17.6 Å². The van der Waals surface area contributed by atoms with Gasteiger partial charge in [-0.2, -0.15) is 0 Å². The molecule has 1 atom stereocenters. The second kappa shape index (κ2) is 5.66. The molecular formula is C15H12BrClFN3. The highest BCUT2D eigenvalue weighted by molar-refractivity contribution is 9.10. The Balaban J connectivity index is 1.98. The molecule has 1 heterocycles. The molecule has 0 spiro atoms. The van der Waals surface area contributed by atoms with Gasteiger partial charge in [-0.1, -0.05) is 33.6 Å². The summed E-state index contributed by atoms with van der Waals surface area (Å²) >= 11 is 9.28. The molecule has 6 heteroatoms. The molecule has 21 heavy (non-hydrogen) atoms.